The van der Waals surface area contributed by atoms with Crippen LogP contribution in [0, 0.1) is 19.8 Å². The lowest BCUT2D eigenvalue weighted by molar-refractivity contribution is -0.121. The van der Waals surface area contributed by atoms with Crippen molar-refractivity contribution >= 4 is 23.2 Å². The minimum atomic E-state index is 0.0358. The fourth-order valence-corrected chi connectivity index (χ4v) is 3.71. The maximum Gasteiger partial charge on any atom is 0.228 e. The highest BCUT2D eigenvalue weighted by Gasteiger charge is 2.26. The smallest absolute Gasteiger partial charge is 0.228 e. The molecule has 1 unspecified atom stereocenters. The molecule has 2 aromatic carbocycles. The zero-order chi connectivity index (χ0) is 17.8. The largest absolute Gasteiger partial charge is 0.326 e. The van der Waals surface area contributed by atoms with Gasteiger partial charge < -0.3 is 5.32 Å². The quantitative estimate of drug-likeness (QED) is 0.852. The van der Waals surface area contributed by atoms with E-state index < -0.39 is 0 Å². The van der Waals surface area contributed by atoms with Gasteiger partial charge in [0.25, 0.3) is 0 Å². The van der Waals surface area contributed by atoms with Crippen molar-refractivity contribution in [1.82, 2.24) is 4.90 Å². The summed E-state index contributed by atoms with van der Waals surface area (Å²) in [6, 6.07) is 14.2. The topological polar surface area (TPSA) is 32.3 Å². The molecule has 0 saturated carbocycles. The number of carbonyl (C=O) groups is 1. The van der Waals surface area contributed by atoms with Crippen LogP contribution in [0.2, 0.25) is 5.02 Å². The Morgan fingerprint density at radius 2 is 2.08 bits per heavy atom. The van der Waals surface area contributed by atoms with Gasteiger partial charge in [-0.1, -0.05) is 41.4 Å². The van der Waals surface area contributed by atoms with Crippen LogP contribution < -0.4 is 5.32 Å². The Morgan fingerprint density at radius 3 is 2.84 bits per heavy atom. The molecule has 0 aliphatic carbocycles. The Labute approximate surface area is 155 Å². The molecule has 0 spiro atoms. The third-order valence-electron chi connectivity index (χ3n) is 4.81. The van der Waals surface area contributed by atoms with E-state index in [0.717, 1.165) is 43.7 Å². The van der Waals surface area contributed by atoms with Gasteiger partial charge in [0.05, 0.1) is 5.92 Å². The Morgan fingerprint density at radius 1 is 1.24 bits per heavy atom. The molecule has 4 heteroatoms. The highest BCUT2D eigenvalue weighted by molar-refractivity contribution is 6.30. The lowest BCUT2D eigenvalue weighted by Gasteiger charge is -2.32. The minimum Gasteiger partial charge on any atom is -0.326 e. The van der Waals surface area contributed by atoms with Crippen molar-refractivity contribution in [2.24, 2.45) is 5.92 Å². The first-order valence-corrected chi connectivity index (χ1v) is 9.24. The summed E-state index contributed by atoms with van der Waals surface area (Å²) in [7, 11) is 0. The number of halogens is 1. The van der Waals surface area contributed by atoms with Crippen molar-refractivity contribution in [3.63, 3.8) is 0 Å². The van der Waals surface area contributed by atoms with E-state index in [1.165, 1.54) is 11.1 Å². The maximum absolute atomic E-state index is 12.7. The molecule has 1 N–H and O–H groups in total. The first-order valence-electron chi connectivity index (χ1n) is 8.86. The van der Waals surface area contributed by atoms with Crippen molar-refractivity contribution in [3.8, 4) is 0 Å². The van der Waals surface area contributed by atoms with Crippen LogP contribution in [0.15, 0.2) is 42.5 Å². The van der Waals surface area contributed by atoms with Crippen molar-refractivity contribution in [3.05, 3.63) is 64.2 Å². The average molecular weight is 357 g/mol. The molecule has 3 nitrogen and oxygen atoms in total. The van der Waals surface area contributed by atoms with E-state index in [2.05, 4.69) is 41.4 Å². The SMILES string of the molecule is Cc1cccc(CN2CCCC(C(=O)Nc3ccc(Cl)cc3C)C2)c1. The average Bonchev–Trinajstić information content (AvgIpc) is 2.57. The van der Waals surface area contributed by atoms with E-state index in [1.807, 2.05) is 25.1 Å². The fourth-order valence-electron chi connectivity index (χ4n) is 3.48. The van der Waals surface area contributed by atoms with Crippen LogP contribution in [0.4, 0.5) is 5.69 Å². The second-order valence-corrected chi connectivity index (χ2v) is 7.45. The molecule has 0 radical (unpaired) electrons. The van der Waals surface area contributed by atoms with Crippen LogP contribution in [0.1, 0.15) is 29.5 Å². The molecule has 1 amide bonds. The standard InChI is InChI=1S/C21H25ClN2O/c1-15-5-3-6-17(11-15)13-24-10-4-7-18(14-24)21(25)23-20-9-8-19(22)12-16(20)2/h3,5-6,8-9,11-12,18H,4,7,10,13-14H2,1-2H3,(H,23,25). The number of nitrogens with one attached hydrogen (secondary N) is 1. The number of aryl methyl sites for hydroxylation is 2. The Balaban J connectivity index is 1.61. The summed E-state index contributed by atoms with van der Waals surface area (Å²) in [6.07, 6.45) is 2.01. The monoisotopic (exact) mass is 356 g/mol. The predicted molar refractivity (Wildman–Crippen MR) is 104 cm³/mol. The maximum atomic E-state index is 12.7. The molecule has 1 atom stereocenters. The Hall–Kier alpha value is -1.84. The molecule has 3 rings (SSSR count). The van der Waals surface area contributed by atoms with Crippen LogP contribution in [0.3, 0.4) is 0 Å². The van der Waals surface area contributed by atoms with Crippen LogP contribution in [-0.4, -0.2) is 23.9 Å². The summed E-state index contributed by atoms with van der Waals surface area (Å²) in [5.74, 6) is 0.146. The second kappa shape index (κ2) is 8.03. The van der Waals surface area contributed by atoms with Gasteiger partial charge in [0.2, 0.25) is 5.91 Å². The molecule has 1 saturated heterocycles. The molecule has 25 heavy (non-hydrogen) atoms. The van der Waals surface area contributed by atoms with E-state index in [-0.39, 0.29) is 11.8 Å². The zero-order valence-electron chi connectivity index (χ0n) is 14.9. The molecular weight excluding hydrogens is 332 g/mol. The normalized spacial score (nSPS) is 18.1. The van der Waals surface area contributed by atoms with Crippen molar-refractivity contribution in [1.29, 1.82) is 0 Å². The summed E-state index contributed by atoms with van der Waals surface area (Å²) >= 11 is 5.99. The van der Waals surface area contributed by atoms with Gasteiger partial charge in [0.15, 0.2) is 0 Å². The van der Waals surface area contributed by atoms with Crippen LogP contribution >= 0.6 is 11.6 Å². The van der Waals surface area contributed by atoms with Gasteiger partial charge in [-0.2, -0.15) is 0 Å². The summed E-state index contributed by atoms with van der Waals surface area (Å²) in [5.41, 5.74) is 4.44. The van der Waals surface area contributed by atoms with Gasteiger partial charge in [-0.15, -0.1) is 0 Å². The molecule has 1 aliphatic rings. The number of anilines is 1. The number of carbonyl (C=O) groups excluding carboxylic acids is 1. The number of rotatable bonds is 4. The number of piperidine rings is 1. The van der Waals surface area contributed by atoms with Crippen LogP contribution in [-0.2, 0) is 11.3 Å². The summed E-state index contributed by atoms with van der Waals surface area (Å²) in [6.45, 7) is 6.85. The van der Waals surface area contributed by atoms with Gasteiger partial charge in [-0.25, -0.2) is 0 Å². The molecular formula is C21H25ClN2O. The van der Waals surface area contributed by atoms with E-state index in [4.69, 9.17) is 11.6 Å². The molecule has 1 heterocycles. The minimum absolute atomic E-state index is 0.0358. The number of likely N-dealkylation sites (tertiary alicyclic amines) is 1. The van der Waals surface area contributed by atoms with E-state index in [1.54, 1.807) is 0 Å². The summed E-state index contributed by atoms with van der Waals surface area (Å²) in [5, 5.41) is 3.77. The van der Waals surface area contributed by atoms with Crippen molar-refractivity contribution in [2.75, 3.05) is 18.4 Å². The van der Waals surface area contributed by atoms with E-state index >= 15 is 0 Å². The Bertz CT molecular complexity index is 759. The van der Waals surface area contributed by atoms with Gasteiger partial charge in [-0.3, -0.25) is 9.69 Å². The second-order valence-electron chi connectivity index (χ2n) is 7.01. The number of hydrogen-bond donors (Lipinski definition) is 1. The molecule has 0 aromatic heterocycles. The van der Waals surface area contributed by atoms with Crippen LogP contribution in [0.25, 0.3) is 0 Å². The number of nitrogens with zero attached hydrogens (tertiary/aromatic N) is 1. The third kappa shape index (κ3) is 4.83. The lowest BCUT2D eigenvalue weighted by Crippen LogP contribution is -2.40. The number of amides is 1. The summed E-state index contributed by atoms with van der Waals surface area (Å²) in [4.78, 5) is 15.1. The van der Waals surface area contributed by atoms with Gasteiger partial charge in [0, 0.05) is 23.8 Å². The summed E-state index contributed by atoms with van der Waals surface area (Å²) < 4.78 is 0. The lowest BCUT2D eigenvalue weighted by atomic mass is 9.96. The fraction of sp³-hybridized carbons (Fsp3) is 0.381. The van der Waals surface area contributed by atoms with Gasteiger partial charge in [0.1, 0.15) is 0 Å². The van der Waals surface area contributed by atoms with E-state index in [0.29, 0.717) is 5.02 Å². The number of benzene rings is 2. The number of hydrogen-bond acceptors (Lipinski definition) is 2. The van der Waals surface area contributed by atoms with Gasteiger partial charge >= 0.3 is 0 Å². The predicted octanol–water partition coefficient (Wildman–Crippen LogP) is 4.81. The third-order valence-corrected chi connectivity index (χ3v) is 5.05. The van der Waals surface area contributed by atoms with Crippen LogP contribution in [0.5, 0.6) is 0 Å². The van der Waals surface area contributed by atoms with E-state index in [9.17, 15) is 4.79 Å². The molecule has 1 aliphatic heterocycles. The van der Waals surface area contributed by atoms with Crippen molar-refractivity contribution in [2.45, 2.75) is 33.2 Å². The highest BCUT2D eigenvalue weighted by atomic mass is 35.5. The Kier molecular flexibility index (Phi) is 5.77. The molecule has 1 fully saturated rings. The first kappa shape index (κ1) is 18.0. The van der Waals surface area contributed by atoms with Crippen molar-refractivity contribution < 1.29 is 4.79 Å². The molecule has 2 aromatic rings. The molecule has 132 valence electrons. The zero-order valence-corrected chi connectivity index (χ0v) is 15.6. The highest BCUT2D eigenvalue weighted by Crippen LogP contribution is 2.23. The first-order chi connectivity index (χ1) is 12.0. The molecule has 0 bridgehead atoms. The van der Waals surface area contributed by atoms with Gasteiger partial charge in [-0.05, 0) is 62.6 Å².